The summed E-state index contributed by atoms with van der Waals surface area (Å²) in [5.74, 6) is -1.13. The lowest BCUT2D eigenvalue weighted by atomic mass is 10.0. The van der Waals surface area contributed by atoms with Crippen LogP contribution in [-0.2, 0) is 24.3 Å². The van der Waals surface area contributed by atoms with Gasteiger partial charge in [0.05, 0.1) is 0 Å². The fourth-order valence-corrected chi connectivity index (χ4v) is 4.38. The first-order chi connectivity index (χ1) is 16.1. The number of halogens is 1. The normalized spacial score (nSPS) is 12.4. The van der Waals surface area contributed by atoms with Crippen molar-refractivity contribution in [2.75, 3.05) is 0 Å². The van der Waals surface area contributed by atoms with Crippen molar-refractivity contribution in [2.45, 2.75) is 25.6 Å². The van der Waals surface area contributed by atoms with Gasteiger partial charge in [-0.25, -0.2) is 4.39 Å². The predicted octanol–water partition coefficient (Wildman–Crippen LogP) is 5.10. The number of para-hydroxylation sites is 2. The SMILES string of the molecule is O=C(O)[C@H](Cc1c[nH]c2ccccc12)NCc1cn(Cc2ccc(F)cc2)c2ccccc12. The summed E-state index contributed by atoms with van der Waals surface area (Å²) in [5.41, 5.74) is 5.06. The Labute approximate surface area is 190 Å². The number of nitrogens with one attached hydrogen (secondary N) is 2. The maximum Gasteiger partial charge on any atom is 0.321 e. The van der Waals surface area contributed by atoms with E-state index in [-0.39, 0.29) is 5.82 Å². The van der Waals surface area contributed by atoms with Crippen molar-refractivity contribution in [1.29, 1.82) is 0 Å². The quantitative estimate of drug-likeness (QED) is 0.314. The summed E-state index contributed by atoms with van der Waals surface area (Å²) in [7, 11) is 0. The Morgan fingerprint density at radius 2 is 1.70 bits per heavy atom. The average Bonchev–Trinajstić information content (AvgIpc) is 3.39. The number of aliphatic carboxylic acids is 1. The van der Waals surface area contributed by atoms with Gasteiger partial charge >= 0.3 is 5.97 Å². The smallest absolute Gasteiger partial charge is 0.321 e. The molecule has 5 rings (SSSR count). The second-order valence-corrected chi connectivity index (χ2v) is 8.26. The zero-order valence-electron chi connectivity index (χ0n) is 18.0. The number of hydrogen-bond acceptors (Lipinski definition) is 2. The van der Waals surface area contributed by atoms with Gasteiger partial charge in [-0.3, -0.25) is 10.1 Å². The molecule has 0 spiro atoms. The summed E-state index contributed by atoms with van der Waals surface area (Å²) in [6.45, 7) is 1.04. The highest BCUT2D eigenvalue weighted by Crippen LogP contribution is 2.23. The number of aromatic nitrogens is 2. The number of benzene rings is 3. The van der Waals surface area contributed by atoms with Gasteiger partial charge < -0.3 is 14.7 Å². The predicted molar refractivity (Wildman–Crippen MR) is 128 cm³/mol. The standard InChI is InChI=1S/C27H24FN3O2/c28-21-11-9-18(10-12-21)16-31-17-20(23-6-2-4-8-26(23)31)15-30-25(27(32)33)13-19-14-29-24-7-3-1-5-22(19)24/h1-12,14,17,25,29-30H,13,15-16H2,(H,32,33)/t25-/m0/s1. The Morgan fingerprint density at radius 3 is 2.48 bits per heavy atom. The zero-order valence-corrected chi connectivity index (χ0v) is 18.0. The molecule has 5 nitrogen and oxygen atoms in total. The van der Waals surface area contributed by atoms with E-state index in [4.69, 9.17) is 0 Å². The van der Waals surface area contributed by atoms with Crippen molar-refractivity contribution >= 4 is 27.8 Å². The summed E-state index contributed by atoms with van der Waals surface area (Å²) in [6, 6.07) is 21.7. The first-order valence-corrected chi connectivity index (χ1v) is 10.9. The minimum Gasteiger partial charge on any atom is -0.480 e. The van der Waals surface area contributed by atoms with E-state index < -0.39 is 12.0 Å². The van der Waals surface area contributed by atoms with Gasteiger partial charge in [0.1, 0.15) is 11.9 Å². The van der Waals surface area contributed by atoms with Crippen LogP contribution in [0.15, 0.2) is 85.2 Å². The number of carbonyl (C=O) groups is 1. The summed E-state index contributed by atoms with van der Waals surface area (Å²) in [5, 5.41) is 15.2. The van der Waals surface area contributed by atoms with Gasteiger partial charge in [-0.05, 0) is 41.0 Å². The van der Waals surface area contributed by atoms with Crippen LogP contribution in [0.2, 0.25) is 0 Å². The van der Waals surface area contributed by atoms with Gasteiger partial charge in [-0.1, -0.05) is 48.5 Å². The van der Waals surface area contributed by atoms with Gasteiger partial charge in [0.25, 0.3) is 0 Å². The molecule has 33 heavy (non-hydrogen) atoms. The Balaban J connectivity index is 1.37. The number of carboxylic acid groups (broad SMARTS) is 1. The Morgan fingerprint density at radius 1 is 0.970 bits per heavy atom. The number of nitrogens with zero attached hydrogens (tertiary/aromatic N) is 1. The molecule has 0 radical (unpaired) electrons. The third-order valence-electron chi connectivity index (χ3n) is 6.07. The third-order valence-corrected chi connectivity index (χ3v) is 6.07. The maximum absolute atomic E-state index is 13.3. The van der Waals surface area contributed by atoms with Crippen LogP contribution in [-0.4, -0.2) is 26.7 Å². The lowest BCUT2D eigenvalue weighted by Gasteiger charge is -2.14. The van der Waals surface area contributed by atoms with Crippen molar-refractivity contribution in [3.63, 3.8) is 0 Å². The number of hydrogen-bond donors (Lipinski definition) is 3. The molecule has 0 amide bonds. The maximum atomic E-state index is 13.3. The van der Waals surface area contributed by atoms with Gasteiger partial charge in [-0.15, -0.1) is 0 Å². The molecule has 0 fully saturated rings. The van der Waals surface area contributed by atoms with E-state index in [1.54, 1.807) is 12.1 Å². The largest absolute Gasteiger partial charge is 0.480 e. The summed E-state index contributed by atoms with van der Waals surface area (Å²) >= 11 is 0. The Kier molecular flexibility index (Phi) is 5.67. The number of aromatic amines is 1. The highest BCUT2D eigenvalue weighted by Gasteiger charge is 2.20. The molecular weight excluding hydrogens is 417 g/mol. The number of H-pyrrole nitrogens is 1. The Bertz CT molecular complexity index is 1420. The first kappa shape index (κ1) is 21.0. The molecule has 166 valence electrons. The zero-order chi connectivity index (χ0) is 22.8. The topological polar surface area (TPSA) is 70.0 Å². The monoisotopic (exact) mass is 441 g/mol. The van der Waals surface area contributed by atoms with Crippen LogP contribution in [0.4, 0.5) is 4.39 Å². The van der Waals surface area contributed by atoms with Gasteiger partial charge in [0.2, 0.25) is 0 Å². The van der Waals surface area contributed by atoms with Crippen LogP contribution in [0.5, 0.6) is 0 Å². The number of fused-ring (bicyclic) bond motifs is 2. The minimum absolute atomic E-state index is 0.254. The van der Waals surface area contributed by atoms with Crippen LogP contribution in [0.1, 0.15) is 16.7 Å². The van der Waals surface area contributed by atoms with Gasteiger partial charge in [0.15, 0.2) is 0 Å². The lowest BCUT2D eigenvalue weighted by Crippen LogP contribution is -2.38. The number of rotatable bonds is 8. The highest BCUT2D eigenvalue weighted by atomic mass is 19.1. The van der Waals surface area contributed by atoms with Crippen LogP contribution >= 0.6 is 0 Å². The molecule has 3 N–H and O–H groups in total. The average molecular weight is 442 g/mol. The van der Waals surface area contributed by atoms with Crippen LogP contribution in [0, 0.1) is 5.82 Å². The molecule has 0 aliphatic carbocycles. The second-order valence-electron chi connectivity index (χ2n) is 8.26. The van der Waals surface area contributed by atoms with E-state index in [2.05, 4.69) is 14.9 Å². The number of carboxylic acids is 1. The molecule has 1 atom stereocenters. The Hall–Kier alpha value is -3.90. The van der Waals surface area contributed by atoms with E-state index in [1.807, 2.05) is 60.9 Å². The fourth-order valence-electron chi connectivity index (χ4n) is 4.38. The highest BCUT2D eigenvalue weighted by molar-refractivity contribution is 5.85. The van der Waals surface area contributed by atoms with E-state index in [0.717, 1.165) is 38.5 Å². The van der Waals surface area contributed by atoms with Gasteiger partial charge in [-0.2, -0.15) is 0 Å². The van der Waals surface area contributed by atoms with E-state index >= 15 is 0 Å². The van der Waals surface area contributed by atoms with E-state index in [9.17, 15) is 14.3 Å². The van der Waals surface area contributed by atoms with Crippen LogP contribution < -0.4 is 5.32 Å². The molecule has 2 aromatic heterocycles. The summed E-state index contributed by atoms with van der Waals surface area (Å²) < 4.78 is 15.4. The molecule has 6 heteroatoms. The molecule has 0 bridgehead atoms. The molecule has 0 saturated carbocycles. The van der Waals surface area contributed by atoms with E-state index in [0.29, 0.717) is 19.5 Å². The molecule has 5 aromatic rings. The second kappa shape index (κ2) is 8.92. The summed E-state index contributed by atoms with van der Waals surface area (Å²) in [6.07, 6.45) is 4.32. The molecule has 0 aliphatic heterocycles. The molecule has 3 aromatic carbocycles. The first-order valence-electron chi connectivity index (χ1n) is 10.9. The molecule has 0 saturated heterocycles. The van der Waals surface area contributed by atoms with Crippen molar-refractivity contribution in [3.8, 4) is 0 Å². The molecule has 2 heterocycles. The fraction of sp³-hybridized carbons (Fsp3) is 0.148. The van der Waals surface area contributed by atoms with Crippen molar-refractivity contribution < 1.29 is 14.3 Å². The van der Waals surface area contributed by atoms with Gasteiger partial charge in [0, 0.05) is 53.7 Å². The van der Waals surface area contributed by atoms with Crippen LogP contribution in [0.3, 0.4) is 0 Å². The molecule has 0 aliphatic rings. The lowest BCUT2D eigenvalue weighted by molar-refractivity contribution is -0.139. The van der Waals surface area contributed by atoms with Crippen molar-refractivity contribution in [3.05, 3.63) is 108 Å². The van der Waals surface area contributed by atoms with Crippen LogP contribution in [0.25, 0.3) is 21.8 Å². The molecular formula is C27H24FN3O2. The molecule has 0 unspecified atom stereocenters. The third kappa shape index (κ3) is 4.38. The van der Waals surface area contributed by atoms with Crippen molar-refractivity contribution in [1.82, 2.24) is 14.9 Å². The summed E-state index contributed by atoms with van der Waals surface area (Å²) in [4.78, 5) is 15.2. The van der Waals surface area contributed by atoms with E-state index in [1.165, 1.54) is 12.1 Å². The minimum atomic E-state index is -0.879. The van der Waals surface area contributed by atoms with Crippen molar-refractivity contribution in [2.24, 2.45) is 0 Å².